The third-order valence-electron chi connectivity index (χ3n) is 14.0. The summed E-state index contributed by atoms with van der Waals surface area (Å²) < 4.78 is 3.03. The summed E-state index contributed by atoms with van der Waals surface area (Å²) in [5.41, 5.74) is 14.8. The number of benzene rings is 11. The summed E-state index contributed by atoms with van der Waals surface area (Å²) in [4.78, 5) is 2.43. The van der Waals surface area contributed by atoms with Gasteiger partial charge in [0.1, 0.15) is 0 Å². The van der Waals surface area contributed by atoms with Crippen LogP contribution in [0.4, 0.5) is 17.1 Å². The van der Waals surface area contributed by atoms with E-state index in [0.29, 0.717) is 0 Å². The van der Waals surface area contributed by atoms with E-state index in [4.69, 9.17) is 0 Å². The zero-order chi connectivity index (χ0) is 46.7. The molecule has 0 saturated carbocycles. The van der Waals surface area contributed by atoms with Crippen molar-refractivity contribution >= 4 is 95.5 Å². The molecule has 0 aliphatic rings. The molecule has 0 saturated heterocycles. The van der Waals surface area contributed by atoms with Crippen molar-refractivity contribution < 1.29 is 0 Å². The fourth-order valence-electron chi connectivity index (χ4n) is 10.5. The minimum atomic E-state index is -2.00. The molecule has 11 rings (SSSR count). The van der Waals surface area contributed by atoms with Crippen molar-refractivity contribution in [3.8, 4) is 44.5 Å². The molecule has 11 aromatic rings. The van der Waals surface area contributed by atoms with Gasteiger partial charge in [-0.1, -0.05) is 133 Å². The van der Waals surface area contributed by atoms with Gasteiger partial charge in [0.2, 0.25) is 0 Å². The minimum Gasteiger partial charge on any atom is -0.0616 e. The van der Waals surface area contributed by atoms with Gasteiger partial charge in [0.25, 0.3) is 0 Å². The van der Waals surface area contributed by atoms with Crippen LogP contribution in [0.3, 0.4) is 0 Å². The number of hydrogen-bond acceptors (Lipinski definition) is 1. The van der Waals surface area contributed by atoms with E-state index in [1.807, 2.05) is 0 Å². The van der Waals surface area contributed by atoms with Gasteiger partial charge in [-0.15, -0.1) is 0 Å². The molecular formula is C65H57Ge2N. The number of anilines is 3. The summed E-state index contributed by atoms with van der Waals surface area (Å²) in [6, 6.07) is 82.4. The Morgan fingerprint density at radius 1 is 0.265 bits per heavy atom. The van der Waals surface area contributed by atoms with Crippen molar-refractivity contribution in [1.82, 2.24) is 0 Å². The molecule has 11 aromatic carbocycles. The number of rotatable bonds is 9. The molecule has 0 unspecified atom stereocenters. The van der Waals surface area contributed by atoms with Crippen LogP contribution in [0.5, 0.6) is 0 Å². The number of nitrogens with zero attached hydrogens (tertiary/aromatic N) is 1. The summed E-state index contributed by atoms with van der Waals surface area (Å²) >= 11 is -3.99. The second kappa shape index (κ2) is 17.5. The first kappa shape index (κ1) is 43.9. The van der Waals surface area contributed by atoms with Crippen LogP contribution in [0.25, 0.3) is 87.6 Å². The molecule has 0 atom stereocenters. The first-order valence-electron chi connectivity index (χ1n) is 24.1. The molecule has 68 heavy (non-hydrogen) atoms. The van der Waals surface area contributed by atoms with E-state index in [1.165, 1.54) is 113 Å². The Bertz CT molecular complexity index is 3500. The Labute approximate surface area is 407 Å². The summed E-state index contributed by atoms with van der Waals surface area (Å²) in [6.07, 6.45) is 0. The Balaban J connectivity index is 1.05. The maximum atomic E-state index is 2.47. The average Bonchev–Trinajstić information content (AvgIpc) is 3.35. The first-order valence-corrected chi connectivity index (χ1v) is 38.8. The second-order valence-corrected chi connectivity index (χ2v) is 41.9. The van der Waals surface area contributed by atoms with Gasteiger partial charge in [-0.3, -0.25) is 0 Å². The SMILES string of the molecule is Cc1ccc(-c2c3ccccc3c(-c3cccc(-c4c5ccccc5c(-c5ccc(N(c6cc[c]([Ge]([CH3])([CH3])[CH3])cc6)c6cc[c]([Ge]([CH3])([CH3])[CH3])cc6)cc5)c5ccccc45)c3)c3ccccc23)cc1. The Hall–Kier alpha value is -6.65. The van der Waals surface area contributed by atoms with Crippen LogP contribution in [0.1, 0.15) is 5.56 Å². The van der Waals surface area contributed by atoms with Crippen molar-refractivity contribution in [2.75, 3.05) is 4.90 Å². The van der Waals surface area contributed by atoms with Gasteiger partial charge in [0, 0.05) is 0 Å². The van der Waals surface area contributed by atoms with Gasteiger partial charge in [-0.2, -0.15) is 0 Å². The summed E-state index contributed by atoms with van der Waals surface area (Å²) in [5, 5.41) is 10.1. The van der Waals surface area contributed by atoms with Gasteiger partial charge in [0.15, 0.2) is 0 Å². The molecule has 1 nitrogen and oxygen atoms in total. The van der Waals surface area contributed by atoms with E-state index in [0.717, 1.165) is 5.69 Å². The van der Waals surface area contributed by atoms with Gasteiger partial charge in [-0.25, -0.2) is 0 Å². The standard InChI is InChI=1S/C65H57Ge2N/c1-44-27-29-45(30-28-44)62-54-19-8-12-23-58(54)64(59-24-13-9-20-55(59)62)47-17-16-18-48(43-47)65-60-25-14-10-21-56(60)63(57-22-11-15-26-61(57)65)46-31-37-51(38-32-46)68(52-39-33-49(34-40-52)66(2,3)4)53-41-35-50(36-42-53)67(5,6)7/h8-43H,1-7H3. The van der Waals surface area contributed by atoms with Crippen LogP contribution in [0.15, 0.2) is 218 Å². The van der Waals surface area contributed by atoms with E-state index in [9.17, 15) is 0 Å². The second-order valence-electron chi connectivity index (χ2n) is 20.6. The quantitative estimate of drug-likeness (QED) is 0.103. The molecule has 0 bridgehead atoms. The van der Waals surface area contributed by atoms with Crippen LogP contribution in [0, 0.1) is 6.92 Å². The fraction of sp³-hybridized carbons (Fsp3) is 0.108. The van der Waals surface area contributed by atoms with E-state index in [2.05, 4.69) is 265 Å². The average molecular weight is 997 g/mol. The van der Waals surface area contributed by atoms with E-state index < -0.39 is 26.5 Å². The molecule has 3 heteroatoms. The Morgan fingerprint density at radius 2 is 0.529 bits per heavy atom. The predicted octanol–water partition coefficient (Wildman–Crippen LogP) is 17.8. The van der Waals surface area contributed by atoms with E-state index in [1.54, 1.807) is 0 Å². The summed E-state index contributed by atoms with van der Waals surface area (Å²) in [5.74, 6) is 14.8. The molecule has 330 valence electrons. The number of aryl methyl sites for hydroxylation is 1. The van der Waals surface area contributed by atoms with Gasteiger partial charge < -0.3 is 0 Å². The van der Waals surface area contributed by atoms with Crippen LogP contribution in [0.2, 0.25) is 34.5 Å². The molecule has 0 spiro atoms. The van der Waals surface area contributed by atoms with Crippen LogP contribution in [-0.2, 0) is 0 Å². The molecule has 0 N–H and O–H groups in total. The predicted molar refractivity (Wildman–Crippen MR) is 304 cm³/mol. The van der Waals surface area contributed by atoms with Crippen LogP contribution >= 0.6 is 0 Å². The Morgan fingerprint density at radius 3 is 0.824 bits per heavy atom. The van der Waals surface area contributed by atoms with Crippen molar-refractivity contribution in [1.29, 1.82) is 0 Å². The normalized spacial score (nSPS) is 12.0. The first-order chi connectivity index (χ1) is 32.9. The minimum absolute atomic E-state index is 1.15. The fourth-order valence-corrected chi connectivity index (χ4v) is 15.4. The molecule has 0 radical (unpaired) electrons. The Kier molecular flexibility index (Phi) is 11.3. The summed E-state index contributed by atoms with van der Waals surface area (Å²) in [6.45, 7) is 2.16. The molecule has 0 fully saturated rings. The monoisotopic (exact) mass is 999 g/mol. The third kappa shape index (κ3) is 7.96. The number of fused-ring (bicyclic) bond motifs is 4. The van der Waals surface area contributed by atoms with Crippen molar-refractivity contribution in [3.63, 3.8) is 0 Å². The summed E-state index contributed by atoms with van der Waals surface area (Å²) in [7, 11) is 0. The van der Waals surface area contributed by atoms with Crippen LogP contribution < -0.4 is 13.7 Å². The maximum absolute atomic E-state index is 2.47. The van der Waals surface area contributed by atoms with E-state index in [-0.39, 0.29) is 0 Å². The third-order valence-corrected chi connectivity index (χ3v) is 22.7. The van der Waals surface area contributed by atoms with Gasteiger partial charge in [-0.05, 0) is 67.9 Å². The van der Waals surface area contributed by atoms with E-state index >= 15 is 0 Å². The van der Waals surface area contributed by atoms with Crippen molar-refractivity contribution in [2.45, 2.75) is 41.5 Å². The zero-order valence-electron chi connectivity index (χ0n) is 40.2. The molecular weight excluding hydrogens is 940 g/mol. The zero-order valence-corrected chi connectivity index (χ0v) is 44.4. The molecule has 0 aliphatic carbocycles. The van der Waals surface area contributed by atoms with Crippen molar-refractivity contribution in [3.05, 3.63) is 224 Å². The molecule has 0 amide bonds. The molecule has 0 aromatic heterocycles. The van der Waals surface area contributed by atoms with Crippen molar-refractivity contribution in [2.24, 2.45) is 0 Å². The molecule has 0 heterocycles. The smallest absolute Gasteiger partial charge is 0.0616 e. The van der Waals surface area contributed by atoms with Gasteiger partial charge >= 0.3 is 209 Å². The topological polar surface area (TPSA) is 3.24 Å². The van der Waals surface area contributed by atoms with Crippen LogP contribution in [-0.4, -0.2) is 26.5 Å². The molecule has 0 aliphatic heterocycles. The van der Waals surface area contributed by atoms with Gasteiger partial charge in [0.05, 0.1) is 0 Å². The number of hydrogen-bond donors (Lipinski definition) is 0.